The Balaban J connectivity index is 1.65. The topological polar surface area (TPSA) is 133 Å². The molecule has 5 N–H and O–H groups in total. The van der Waals surface area contributed by atoms with Gasteiger partial charge in [0.1, 0.15) is 12.2 Å². The van der Waals surface area contributed by atoms with Crippen LogP contribution >= 0.6 is 0 Å². The quantitative estimate of drug-likeness (QED) is 0.557. The standard InChI is InChI=1S/C19H24N6O3/c20-15(18(27)28)12-23-17(26)13-5-7-14(8-6-13)25-11-2-1-4-16(25)24-19-21-9-3-10-22-19/h3,5-10,15-16H,1-2,4,11-12,20H2,(H,23,26)(H,27,28)(H,21,22,24)/t15-,16?/m0/s1. The second-order valence-electron chi connectivity index (χ2n) is 6.62. The van der Waals surface area contributed by atoms with Crippen molar-refractivity contribution in [1.82, 2.24) is 15.3 Å². The number of hydrogen-bond acceptors (Lipinski definition) is 7. The highest BCUT2D eigenvalue weighted by Crippen LogP contribution is 2.25. The molecule has 0 spiro atoms. The first-order valence-electron chi connectivity index (χ1n) is 9.21. The van der Waals surface area contributed by atoms with Crippen molar-refractivity contribution in [2.75, 3.05) is 23.3 Å². The molecule has 1 aromatic carbocycles. The maximum Gasteiger partial charge on any atom is 0.322 e. The molecule has 0 radical (unpaired) electrons. The van der Waals surface area contributed by atoms with Gasteiger partial charge in [0, 0.05) is 36.7 Å². The largest absolute Gasteiger partial charge is 0.480 e. The highest BCUT2D eigenvalue weighted by molar-refractivity contribution is 5.94. The number of carboxylic acid groups (broad SMARTS) is 1. The fourth-order valence-electron chi connectivity index (χ4n) is 3.11. The summed E-state index contributed by atoms with van der Waals surface area (Å²) in [5.74, 6) is -0.916. The van der Waals surface area contributed by atoms with Crippen molar-refractivity contribution in [3.8, 4) is 0 Å². The first-order valence-corrected chi connectivity index (χ1v) is 9.21. The molecule has 3 rings (SSSR count). The molecule has 0 bridgehead atoms. The second-order valence-corrected chi connectivity index (χ2v) is 6.62. The Labute approximate surface area is 163 Å². The molecule has 1 aliphatic heterocycles. The first-order chi connectivity index (χ1) is 13.5. The molecule has 28 heavy (non-hydrogen) atoms. The maximum absolute atomic E-state index is 12.2. The Morgan fingerprint density at radius 1 is 1.21 bits per heavy atom. The van der Waals surface area contributed by atoms with Crippen molar-refractivity contribution in [3.05, 3.63) is 48.3 Å². The van der Waals surface area contributed by atoms with Gasteiger partial charge in [-0.3, -0.25) is 9.59 Å². The van der Waals surface area contributed by atoms with Gasteiger partial charge in [-0.15, -0.1) is 0 Å². The molecular weight excluding hydrogens is 360 g/mol. The van der Waals surface area contributed by atoms with Gasteiger partial charge in [-0.05, 0) is 49.6 Å². The van der Waals surface area contributed by atoms with E-state index < -0.39 is 12.0 Å². The summed E-state index contributed by atoms with van der Waals surface area (Å²) < 4.78 is 0. The van der Waals surface area contributed by atoms with Crippen LogP contribution in [0.1, 0.15) is 29.6 Å². The van der Waals surface area contributed by atoms with Crippen molar-refractivity contribution in [3.63, 3.8) is 0 Å². The molecule has 2 heterocycles. The second kappa shape index (κ2) is 9.14. The lowest BCUT2D eigenvalue weighted by Gasteiger charge is -2.38. The van der Waals surface area contributed by atoms with Gasteiger partial charge < -0.3 is 26.4 Å². The molecule has 1 aromatic heterocycles. The number of amides is 1. The third kappa shape index (κ3) is 4.95. The number of benzene rings is 1. The third-order valence-corrected chi connectivity index (χ3v) is 4.63. The minimum atomic E-state index is -1.15. The van der Waals surface area contributed by atoms with E-state index in [1.54, 1.807) is 30.6 Å². The summed E-state index contributed by atoms with van der Waals surface area (Å²) in [5.41, 5.74) is 6.85. The lowest BCUT2D eigenvalue weighted by molar-refractivity contribution is -0.138. The molecule has 0 saturated carbocycles. The van der Waals surface area contributed by atoms with Gasteiger partial charge in [-0.25, -0.2) is 9.97 Å². The molecule has 2 atom stereocenters. The van der Waals surface area contributed by atoms with Crippen LogP contribution in [0.5, 0.6) is 0 Å². The van der Waals surface area contributed by atoms with E-state index in [-0.39, 0.29) is 18.6 Å². The zero-order valence-electron chi connectivity index (χ0n) is 15.4. The fourth-order valence-corrected chi connectivity index (χ4v) is 3.11. The number of nitrogens with one attached hydrogen (secondary N) is 2. The molecule has 9 heteroatoms. The van der Waals surface area contributed by atoms with Crippen molar-refractivity contribution in [2.24, 2.45) is 5.73 Å². The number of carbonyl (C=O) groups excluding carboxylic acids is 1. The minimum absolute atomic E-state index is 0.0735. The Bertz CT molecular complexity index is 799. The van der Waals surface area contributed by atoms with Crippen LogP contribution in [0.15, 0.2) is 42.7 Å². The molecule has 148 valence electrons. The fraction of sp³-hybridized carbons (Fsp3) is 0.368. The zero-order valence-corrected chi connectivity index (χ0v) is 15.4. The normalized spacial score (nSPS) is 17.6. The van der Waals surface area contributed by atoms with E-state index in [1.807, 2.05) is 12.1 Å². The number of rotatable bonds is 7. The molecule has 9 nitrogen and oxygen atoms in total. The van der Waals surface area contributed by atoms with Crippen LogP contribution in [-0.2, 0) is 4.79 Å². The van der Waals surface area contributed by atoms with Crippen LogP contribution in [-0.4, -0.2) is 52.2 Å². The summed E-state index contributed by atoms with van der Waals surface area (Å²) in [7, 11) is 0. The average molecular weight is 384 g/mol. The van der Waals surface area contributed by atoms with E-state index >= 15 is 0 Å². The lowest BCUT2D eigenvalue weighted by Crippen LogP contribution is -2.45. The van der Waals surface area contributed by atoms with Crippen LogP contribution in [0.3, 0.4) is 0 Å². The highest BCUT2D eigenvalue weighted by atomic mass is 16.4. The van der Waals surface area contributed by atoms with Crippen LogP contribution in [0, 0.1) is 0 Å². The van der Waals surface area contributed by atoms with Crippen molar-refractivity contribution in [2.45, 2.75) is 31.5 Å². The van der Waals surface area contributed by atoms with Gasteiger partial charge in [0.15, 0.2) is 0 Å². The number of anilines is 2. The Morgan fingerprint density at radius 2 is 1.93 bits per heavy atom. The molecule has 1 amide bonds. The molecule has 1 saturated heterocycles. The minimum Gasteiger partial charge on any atom is -0.480 e. The lowest BCUT2D eigenvalue weighted by atomic mass is 10.1. The summed E-state index contributed by atoms with van der Waals surface area (Å²) >= 11 is 0. The van der Waals surface area contributed by atoms with Crippen LogP contribution in [0.25, 0.3) is 0 Å². The number of nitrogens with two attached hydrogens (primary N) is 1. The summed E-state index contributed by atoms with van der Waals surface area (Å²) in [6, 6.07) is 7.87. The average Bonchev–Trinajstić information content (AvgIpc) is 2.73. The van der Waals surface area contributed by atoms with Gasteiger partial charge in [-0.2, -0.15) is 0 Å². The van der Waals surface area contributed by atoms with E-state index in [0.717, 1.165) is 31.5 Å². The number of hydrogen-bond donors (Lipinski definition) is 4. The van der Waals surface area contributed by atoms with Gasteiger partial charge in [0.25, 0.3) is 5.91 Å². The molecule has 2 aromatic rings. The number of carboxylic acids is 1. The number of piperidine rings is 1. The Kier molecular flexibility index (Phi) is 6.38. The SMILES string of the molecule is N[C@@H](CNC(=O)c1ccc(N2CCCCC2Nc2ncccn2)cc1)C(=O)O. The van der Waals surface area contributed by atoms with E-state index in [2.05, 4.69) is 25.5 Å². The summed E-state index contributed by atoms with van der Waals surface area (Å²) in [6.07, 6.45) is 6.64. The monoisotopic (exact) mass is 384 g/mol. The molecule has 1 aliphatic rings. The zero-order chi connectivity index (χ0) is 19.9. The summed E-state index contributed by atoms with van der Waals surface area (Å²) in [4.78, 5) is 33.6. The highest BCUT2D eigenvalue weighted by Gasteiger charge is 2.23. The first kappa shape index (κ1) is 19.6. The van der Waals surface area contributed by atoms with Crippen LogP contribution in [0.4, 0.5) is 11.6 Å². The Morgan fingerprint density at radius 3 is 2.61 bits per heavy atom. The van der Waals surface area contributed by atoms with Crippen molar-refractivity contribution < 1.29 is 14.7 Å². The molecular formula is C19H24N6O3. The van der Waals surface area contributed by atoms with Crippen molar-refractivity contribution in [1.29, 1.82) is 0 Å². The Hall–Kier alpha value is -3.20. The van der Waals surface area contributed by atoms with E-state index in [4.69, 9.17) is 10.8 Å². The van der Waals surface area contributed by atoms with E-state index in [0.29, 0.717) is 11.5 Å². The van der Waals surface area contributed by atoms with Crippen LogP contribution < -0.4 is 21.3 Å². The summed E-state index contributed by atoms with van der Waals surface area (Å²) in [5, 5.41) is 14.7. The van der Waals surface area contributed by atoms with E-state index in [1.165, 1.54) is 0 Å². The van der Waals surface area contributed by atoms with Gasteiger partial charge in [0.05, 0.1) is 0 Å². The predicted molar refractivity (Wildman–Crippen MR) is 105 cm³/mol. The maximum atomic E-state index is 12.2. The van der Waals surface area contributed by atoms with Crippen molar-refractivity contribution >= 4 is 23.5 Å². The number of aliphatic carboxylic acids is 1. The predicted octanol–water partition coefficient (Wildman–Crippen LogP) is 1.05. The van der Waals surface area contributed by atoms with E-state index in [9.17, 15) is 9.59 Å². The van der Waals surface area contributed by atoms with Gasteiger partial charge in [0.2, 0.25) is 5.95 Å². The number of nitrogens with zero attached hydrogens (tertiary/aromatic N) is 3. The molecule has 1 fully saturated rings. The van der Waals surface area contributed by atoms with Gasteiger partial charge >= 0.3 is 5.97 Å². The number of carbonyl (C=O) groups is 2. The number of aromatic nitrogens is 2. The van der Waals surface area contributed by atoms with Crippen LogP contribution in [0.2, 0.25) is 0 Å². The smallest absolute Gasteiger partial charge is 0.322 e. The molecule has 1 unspecified atom stereocenters. The van der Waals surface area contributed by atoms with Gasteiger partial charge in [-0.1, -0.05) is 0 Å². The summed E-state index contributed by atoms with van der Waals surface area (Å²) in [6.45, 7) is 0.772. The molecule has 0 aliphatic carbocycles. The third-order valence-electron chi connectivity index (χ3n) is 4.63.